The molecule has 0 aliphatic carbocycles. The van der Waals surface area contributed by atoms with Crippen LogP contribution in [-0.2, 0) is 4.79 Å². The van der Waals surface area contributed by atoms with E-state index in [1.165, 1.54) is 0 Å². The zero-order valence-corrected chi connectivity index (χ0v) is 14.3. The number of anilines is 2. The van der Waals surface area contributed by atoms with Crippen molar-refractivity contribution < 1.29 is 9.53 Å². The molecule has 0 aromatic heterocycles. The van der Waals surface area contributed by atoms with E-state index in [9.17, 15) is 4.79 Å². The molecule has 3 rings (SSSR count). The zero-order valence-electron chi connectivity index (χ0n) is 14.3. The lowest BCUT2D eigenvalue weighted by Crippen LogP contribution is -2.54. The second-order valence-corrected chi connectivity index (χ2v) is 6.59. The van der Waals surface area contributed by atoms with E-state index in [4.69, 9.17) is 4.74 Å². The maximum absolute atomic E-state index is 12.7. The molecule has 24 heavy (non-hydrogen) atoms. The molecule has 0 radical (unpaired) electrons. The van der Waals surface area contributed by atoms with Crippen LogP contribution in [0.1, 0.15) is 26.7 Å². The SMILES string of the molecule is CC1(C)Nc2ccccc2N(CCCCOc2ccccc2)C1=O. The summed E-state index contributed by atoms with van der Waals surface area (Å²) in [4.78, 5) is 14.6. The molecule has 0 bridgehead atoms. The van der Waals surface area contributed by atoms with Gasteiger partial charge in [0.15, 0.2) is 0 Å². The van der Waals surface area contributed by atoms with Gasteiger partial charge in [-0.3, -0.25) is 4.79 Å². The molecular formula is C20H24N2O2. The van der Waals surface area contributed by atoms with E-state index in [0.29, 0.717) is 13.2 Å². The molecule has 0 atom stereocenters. The van der Waals surface area contributed by atoms with Crippen LogP contribution in [0.25, 0.3) is 0 Å². The summed E-state index contributed by atoms with van der Waals surface area (Å²) in [6.45, 7) is 5.22. The first-order chi connectivity index (χ1) is 11.6. The monoisotopic (exact) mass is 324 g/mol. The van der Waals surface area contributed by atoms with E-state index in [1.54, 1.807) is 0 Å². The van der Waals surface area contributed by atoms with Crippen LogP contribution >= 0.6 is 0 Å². The van der Waals surface area contributed by atoms with Crippen molar-refractivity contribution in [3.63, 3.8) is 0 Å². The Balaban J connectivity index is 1.57. The molecule has 0 saturated heterocycles. The van der Waals surface area contributed by atoms with Crippen molar-refractivity contribution in [2.45, 2.75) is 32.2 Å². The minimum Gasteiger partial charge on any atom is -0.494 e. The molecule has 2 aromatic carbocycles. The summed E-state index contributed by atoms with van der Waals surface area (Å²) in [6, 6.07) is 17.8. The zero-order chi connectivity index (χ0) is 17.0. The number of carbonyl (C=O) groups is 1. The minimum absolute atomic E-state index is 0.116. The molecule has 126 valence electrons. The van der Waals surface area contributed by atoms with Gasteiger partial charge in [0.05, 0.1) is 18.0 Å². The van der Waals surface area contributed by atoms with E-state index in [1.807, 2.05) is 73.3 Å². The predicted molar refractivity (Wildman–Crippen MR) is 97.7 cm³/mol. The highest BCUT2D eigenvalue weighted by Gasteiger charge is 2.37. The highest BCUT2D eigenvalue weighted by atomic mass is 16.5. The number of ether oxygens (including phenoxy) is 1. The van der Waals surface area contributed by atoms with Gasteiger partial charge >= 0.3 is 0 Å². The first-order valence-corrected chi connectivity index (χ1v) is 8.45. The topological polar surface area (TPSA) is 41.6 Å². The number of nitrogens with one attached hydrogen (secondary N) is 1. The summed E-state index contributed by atoms with van der Waals surface area (Å²) in [6.07, 6.45) is 1.82. The van der Waals surface area contributed by atoms with Gasteiger partial charge in [-0.15, -0.1) is 0 Å². The first-order valence-electron chi connectivity index (χ1n) is 8.45. The quantitative estimate of drug-likeness (QED) is 0.814. The van der Waals surface area contributed by atoms with Crippen LogP contribution < -0.4 is 15.0 Å². The average Bonchev–Trinajstić information content (AvgIpc) is 2.58. The van der Waals surface area contributed by atoms with E-state index >= 15 is 0 Å². The fraction of sp³-hybridized carbons (Fsp3) is 0.350. The summed E-state index contributed by atoms with van der Waals surface area (Å²) in [5.41, 5.74) is 1.41. The molecule has 0 unspecified atom stereocenters. The van der Waals surface area contributed by atoms with Gasteiger partial charge in [-0.2, -0.15) is 0 Å². The Morgan fingerprint density at radius 3 is 2.50 bits per heavy atom. The number of fused-ring (bicyclic) bond motifs is 1. The lowest BCUT2D eigenvalue weighted by molar-refractivity contribution is -0.122. The molecule has 0 spiro atoms. The molecule has 2 aromatic rings. The molecule has 4 nitrogen and oxygen atoms in total. The smallest absolute Gasteiger partial charge is 0.252 e. The van der Waals surface area contributed by atoms with Crippen molar-refractivity contribution in [1.29, 1.82) is 0 Å². The lowest BCUT2D eigenvalue weighted by Gasteiger charge is -2.40. The predicted octanol–water partition coefficient (Wildman–Crippen LogP) is 4.08. The molecule has 1 amide bonds. The molecule has 1 aliphatic rings. The number of hydrogen-bond donors (Lipinski definition) is 1. The van der Waals surface area contributed by atoms with Gasteiger partial charge < -0.3 is 15.0 Å². The summed E-state index contributed by atoms with van der Waals surface area (Å²) >= 11 is 0. The largest absolute Gasteiger partial charge is 0.494 e. The Labute approximate surface area is 143 Å². The third-order valence-electron chi connectivity index (χ3n) is 4.21. The van der Waals surface area contributed by atoms with Gasteiger partial charge in [-0.05, 0) is 51.0 Å². The highest BCUT2D eigenvalue weighted by molar-refractivity contribution is 6.07. The van der Waals surface area contributed by atoms with Crippen LogP contribution in [0.3, 0.4) is 0 Å². The summed E-state index contributed by atoms with van der Waals surface area (Å²) in [7, 11) is 0. The average molecular weight is 324 g/mol. The van der Waals surface area contributed by atoms with Gasteiger partial charge in [0.2, 0.25) is 0 Å². The van der Waals surface area contributed by atoms with Crippen molar-refractivity contribution in [1.82, 2.24) is 0 Å². The Kier molecular flexibility index (Phi) is 4.74. The van der Waals surface area contributed by atoms with Gasteiger partial charge in [-0.25, -0.2) is 0 Å². The van der Waals surface area contributed by atoms with Crippen LogP contribution in [0, 0.1) is 0 Å². The van der Waals surface area contributed by atoms with Crippen LogP contribution in [0.2, 0.25) is 0 Å². The summed E-state index contributed by atoms with van der Waals surface area (Å²) in [5.74, 6) is 1.01. The number of rotatable bonds is 6. The lowest BCUT2D eigenvalue weighted by atomic mass is 9.98. The molecule has 1 N–H and O–H groups in total. The van der Waals surface area contributed by atoms with E-state index in [0.717, 1.165) is 30.0 Å². The number of unbranched alkanes of at least 4 members (excludes halogenated alkanes) is 1. The number of nitrogens with zero attached hydrogens (tertiary/aromatic N) is 1. The summed E-state index contributed by atoms with van der Waals surface area (Å²) in [5, 5.41) is 3.32. The first kappa shape index (κ1) is 16.4. The fourth-order valence-corrected chi connectivity index (χ4v) is 2.95. The molecule has 1 aliphatic heterocycles. The Hall–Kier alpha value is -2.49. The van der Waals surface area contributed by atoms with Crippen molar-refractivity contribution in [2.24, 2.45) is 0 Å². The second-order valence-electron chi connectivity index (χ2n) is 6.59. The van der Waals surface area contributed by atoms with Crippen LogP contribution in [-0.4, -0.2) is 24.6 Å². The van der Waals surface area contributed by atoms with Gasteiger partial charge in [0, 0.05) is 6.54 Å². The standard InChI is InChI=1S/C20H24N2O2/c1-20(2)19(23)22(18-13-7-6-12-17(18)21-20)14-8-9-15-24-16-10-4-3-5-11-16/h3-7,10-13,21H,8-9,14-15H2,1-2H3. The maximum atomic E-state index is 12.7. The molecule has 0 saturated carbocycles. The van der Waals surface area contributed by atoms with Crippen molar-refractivity contribution in [3.8, 4) is 5.75 Å². The molecular weight excluding hydrogens is 300 g/mol. The van der Waals surface area contributed by atoms with Gasteiger partial charge in [0.1, 0.15) is 11.3 Å². The van der Waals surface area contributed by atoms with E-state index in [2.05, 4.69) is 5.32 Å². The van der Waals surface area contributed by atoms with E-state index < -0.39 is 5.54 Å². The fourth-order valence-electron chi connectivity index (χ4n) is 2.95. The number of para-hydroxylation sites is 3. The number of hydrogen-bond acceptors (Lipinski definition) is 3. The minimum atomic E-state index is -0.575. The van der Waals surface area contributed by atoms with Crippen molar-refractivity contribution >= 4 is 17.3 Å². The number of benzene rings is 2. The Morgan fingerprint density at radius 1 is 1.00 bits per heavy atom. The Bertz CT molecular complexity index is 698. The number of carbonyl (C=O) groups excluding carboxylic acids is 1. The van der Waals surface area contributed by atoms with Crippen LogP contribution in [0.15, 0.2) is 54.6 Å². The Morgan fingerprint density at radius 2 is 1.71 bits per heavy atom. The van der Waals surface area contributed by atoms with Gasteiger partial charge in [0.25, 0.3) is 5.91 Å². The van der Waals surface area contributed by atoms with Crippen molar-refractivity contribution in [3.05, 3.63) is 54.6 Å². The summed E-state index contributed by atoms with van der Waals surface area (Å²) < 4.78 is 5.72. The van der Waals surface area contributed by atoms with Crippen LogP contribution in [0.5, 0.6) is 5.75 Å². The highest BCUT2D eigenvalue weighted by Crippen LogP contribution is 2.35. The molecule has 0 fully saturated rings. The number of amides is 1. The molecule has 4 heteroatoms. The van der Waals surface area contributed by atoms with Crippen LogP contribution in [0.4, 0.5) is 11.4 Å². The molecule has 1 heterocycles. The normalized spacial score (nSPS) is 15.6. The third kappa shape index (κ3) is 3.53. The second kappa shape index (κ2) is 6.95. The third-order valence-corrected chi connectivity index (χ3v) is 4.21. The van der Waals surface area contributed by atoms with E-state index in [-0.39, 0.29) is 5.91 Å². The van der Waals surface area contributed by atoms with Crippen molar-refractivity contribution in [2.75, 3.05) is 23.4 Å². The van der Waals surface area contributed by atoms with Gasteiger partial charge in [-0.1, -0.05) is 30.3 Å². The maximum Gasteiger partial charge on any atom is 0.252 e.